The smallest absolute Gasteiger partial charge is 0.129 e. The molecule has 1 rings (SSSR count). The molecule has 0 spiro atoms. The summed E-state index contributed by atoms with van der Waals surface area (Å²) in [5.41, 5.74) is 0.206. The van der Waals surface area contributed by atoms with Gasteiger partial charge in [0.05, 0.1) is 6.61 Å². The molecular weight excluding hydrogens is 174 g/mol. The molecule has 0 bridgehead atoms. The van der Waals surface area contributed by atoms with E-state index in [1.165, 1.54) is 6.92 Å². The molecule has 0 heterocycles. The maximum atomic E-state index is 12.7. The Balaban J connectivity index is 0.000000671. The lowest BCUT2D eigenvalue weighted by atomic mass is 10.1. The number of hydrogen-bond acceptors (Lipinski definition) is 1. The average Bonchev–Trinajstić information content (AvgIpc) is 2.16. The van der Waals surface area contributed by atoms with Crippen LogP contribution in [0.2, 0.25) is 0 Å². The van der Waals surface area contributed by atoms with Crippen LogP contribution in [0.1, 0.15) is 25.0 Å². The highest BCUT2D eigenvalue weighted by Crippen LogP contribution is 2.15. The Kier molecular flexibility index (Phi) is 5.23. The molecule has 0 amide bonds. The van der Waals surface area contributed by atoms with Crippen molar-refractivity contribution in [3.05, 3.63) is 34.9 Å². The molecule has 0 saturated carbocycles. The predicted octanol–water partition coefficient (Wildman–Crippen LogP) is 2.79. The van der Waals surface area contributed by atoms with Gasteiger partial charge in [-0.15, -0.1) is 0 Å². The summed E-state index contributed by atoms with van der Waals surface area (Å²) < 4.78 is 25.4. The van der Waals surface area contributed by atoms with Crippen LogP contribution in [0.3, 0.4) is 0 Å². The van der Waals surface area contributed by atoms with Crippen molar-refractivity contribution in [2.24, 2.45) is 0 Å². The van der Waals surface area contributed by atoms with E-state index in [1.807, 2.05) is 13.8 Å². The van der Waals surface area contributed by atoms with Gasteiger partial charge in [0.2, 0.25) is 0 Å². The third-order valence-electron chi connectivity index (χ3n) is 1.63. The molecule has 74 valence electrons. The number of hydrogen-bond donors (Lipinski definition) is 1. The first-order chi connectivity index (χ1) is 6.16. The molecule has 1 aromatic rings. The third-order valence-corrected chi connectivity index (χ3v) is 1.63. The van der Waals surface area contributed by atoms with Crippen LogP contribution in [0.15, 0.2) is 12.1 Å². The van der Waals surface area contributed by atoms with Gasteiger partial charge in [-0.05, 0) is 24.6 Å². The highest BCUT2D eigenvalue weighted by molar-refractivity contribution is 5.27. The molecule has 13 heavy (non-hydrogen) atoms. The molecule has 3 heteroatoms. The second kappa shape index (κ2) is 5.65. The largest absolute Gasteiger partial charge is 0.392 e. The Morgan fingerprint density at radius 3 is 2.00 bits per heavy atom. The number of halogens is 2. The van der Waals surface area contributed by atoms with Crippen LogP contribution in [-0.4, -0.2) is 5.11 Å². The van der Waals surface area contributed by atoms with E-state index >= 15 is 0 Å². The fourth-order valence-corrected chi connectivity index (χ4v) is 0.889. The van der Waals surface area contributed by atoms with Crippen LogP contribution < -0.4 is 0 Å². The summed E-state index contributed by atoms with van der Waals surface area (Å²) in [6, 6.07) is 2.05. The van der Waals surface area contributed by atoms with Gasteiger partial charge < -0.3 is 5.11 Å². The van der Waals surface area contributed by atoms with Crippen molar-refractivity contribution in [3.8, 4) is 0 Å². The molecule has 0 fully saturated rings. The average molecular weight is 188 g/mol. The van der Waals surface area contributed by atoms with Gasteiger partial charge in [0, 0.05) is 5.56 Å². The number of benzene rings is 1. The number of aliphatic hydroxyl groups is 1. The summed E-state index contributed by atoms with van der Waals surface area (Å²) in [5.74, 6) is -1.05. The summed E-state index contributed by atoms with van der Waals surface area (Å²) >= 11 is 0. The van der Waals surface area contributed by atoms with Gasteiger partial charge in [-0.25, -0.2) is 8.78 Å². The van der Waals surface area contributed by atoms with Gasteiger partial charge in [-0.1, -0.05) is 13.8 Å². The van der Waals surface area contributed by atoms with Crippen molar-refractivity contribution in [2.45, 2.75) is 27.4 Å². The minimum absolute atomic E-state index is 0.0324. The lowest BCUT2D eigenvalue weighted by molar-refractivity contribution is 0.274. The molecule has 0 aliphatic heterocycles. The van der Waals surface area contributed by atoms with E-state index in [-0.39, 0.29) is 11.1 Å². The molecule has 0 aliphatic rings. The van der Waals surface area contributed by atoms with Crippen molar-refractivity contribution in [1.29, 1.82) is 0 Å². The fourth-order valence-electron chi connectivity index (χ4n) is 0.889. The maximum Gasteiger partial charge on any atom is 0.129 e. The van der Waals surface area contributed by atoms with Gasteiger partial charge in [-0.3, -0.25) is 0 Å². The zero-order valence-corrected chi connectivity index (χ0v) is 8.06. The van der Waals surface area contributed by atoms with E-state index in [1.54, 1.807) is 0 Å². The van der Waals surface area contributed by atoms with Crippen molar-refractivity contribution < 1.29 is 13.9 Å². The second-order valence-electron chi connectivity index (χ2n) is 2.29. The first kappa shape index (κ1) is 12.0. The highest BCUT2D eigenvalue weighted by atomic mass is 19.1. The topological polar surface area (TPSA) is 20.2 Å². The summed E-state index contributed by atoms with van der Waals surface area (Å²) in [6.07, 6.45) is 0. The van der Waals surface area contributed by atoms with Crippen LogP contribution in [-0.2, 0) is 6.61 Å². The lowest BCUT2D eigenvalue weighted by Crippen LogP contribution is -1.96. The molecular formula is C10H14F2O. The monoisotopic (exact) mass is 188 g/mol. The molecule has 0 radical (unpaired) electrons. The van der Waals surface area contributed by atoms with Gasteiger partial charge in [0.1, 0.15) is 11.6 Å². The van der Waals surface area contributed by atoms with Gasteiger partial charge in [-0.2, -0.15) is 0 Å². The summed E-state index contributed by atoms with van der Waals surface area (Å²) in [5, 5.41) is 8.62. The molecule has 1 aromatic carbocycles. The van der Waals surface area contributed by atoms with Crippen molar-refractivity contribution >= 4 is 0 Å². The first-order valence-corrected chi connectivity index (χ1v) is 4.21. The van der Waals surface area contributed by atoms with Crippen molar-refractivity contribution in [2.75, 3.05) is 0 Å². The minimum Gasteiger partial charge on any atom is -0.392 e. The van der Waals surface area contributed by atoms with E-state index < -0.39 is 18.2 Å². The van der Waals surface area contributed by atoms with Crippen LogP contribution in [0.25, 0.3) is 0 Å². The number of rotatable bonds is 1. The fraction of sp³-hybridized carbons (Fsp3) is 0.400. The Bertz CT molecular complexity index is 272. The Morgan fingerprint density at radius 1 is 1.15 bits per heavy atom. The van der Waals surface area contributed by atoms with E-state index in [0.29, 0.717) is 0 Å². The predicted molar refractivity (Wildman–Crippen MR) is 48.4 cm³/mol. The molecule has 1 N–H and O–H groups in total. The Morgan fingerprint density at radius 2 is 1.62 bits per heavy atom. The van der Waals surface area contributed by atoms with Gasteiger partial charge >= 0.3 is 0 Å². The number of aliphatic hydroxyl groups excluding tert-OH is 1. The maximum absolute atomic E-state index is 12.7. The summed E-state index contributed by atoms with van der Waals surface area (Å²) in [4.78, 5) is 0. The quantitative estimate of drug-likeness (QED) is 0.718. The molecule has 0 aliphatic carbocycles. The van der Waals surface area contributed by atoms with E-state index in [4.69, 9.17) is 5.11 Å². The van der Waals surface area contributed by atoms with E-state index in [0.717, 1.165) is 12.1 Å². The van der Waals surface area contributed by atoms with Crippen molar-refractivity contribution in [3.63, 3.8) is 0 Å². The lowest BCUT2D eigenvalue weighted by Gasteiger charge is -2.03. The molecule has 0 aromatic heterocycles. The van der Waals surface area contributed by atoms with Crippen molar-refractivity contribution in [1.82, 2.24) is 0 Å². The zero-order valence-electron chi connectivity index (χ0n) is 8.06. The normalized spacial score (nSPS) is 9.08. The Labute approximate surface area is 77.0 Å². The molecule has 0 unspecified atom stereocenters. The SMILES string of the molecule is CC.Cc1c(F)ccc(F)c1CO. The summed E-state index contributed by atoms with van der Waals surface area (Å²) in [7, 11) is 0. The van der Waals surface area contributed by atoms with E-state index in [9.17, 15) is 8.78 Å². The van der Waals surface area contributed by atoms with Crippen LogP contribution in [0, 0.1) is 18.6 Å². The highest BCUT2D eigenvalue weighted by Gasteiger charge is 2.07. The molecule has 0 atom stereocenters. The van der Waals surface area contributed by atoms with E-state index in [2.05, 4.69) is 0 Å². The third kappa shape index (κ3) is 2.77. The zero-order chi connectivity index (χ0) is 10.4. The van der Waals surface area contributed by atoms with Crippen LogP contribution in [0.4, 0.5) is 8.78 Å². The van der Waals surface area contributed by atoms with Gasteiger partial charge in [0.25, 0.3) is 0 Å². The Hall–Kier alpha value is -0.960. The minimum atomic E-state index is -0.564. The first-order valence-electron chi connectivity index (χ1n) is 4.21. The second-order valence-corrected chi connectivity index (χ2v) is 2.29. The van der Waals surface area contributed by atoms with Crippen LogP contribution >= 0.6 is 0 Å². The molecule has 0 saturated heterocycles. The van der Waals surface area contributed by atoms with Gasteiger partial charge in [0.15, 0.2) is 0 Å². The summed E-state index contributed by atoms with van der Waals surface area (Å²) in [6.45, 7) is 4.97. The molecule has 1 nitrogen and oxygen atoms in total. The van der Waals surface area contributed by atoms with Crippen LogP contribution in [0.5, 0.6) is 0 Å². The standard InChI is InChI=1S/C8H8F2O.C2H6/c1-5-6(4-11)8(10)3-2-7(5)9;1-2/h2-3,11H,4H2,1H3;1-2H3.